The van der Waals surface area contributed by atoms with Crippen LogP contribution >= 0.6 is 0 Å². The van der Waals surface area contributed by atoms with E-state index in [1.807, 2.05) is 32.2 Å². The van der Waals surface area contributed by atoms with Crippen molar-refractivity contribution in [1.29, 1.82) is 0 Å². The second-order valence-electron chi connectivity index (χ2n) is 4.40. The molecule has 17 heavy (non-hydrogen) atoms. The molecule has 2 nitrogen and oxygen atoms in total. The van der Waals surface area contributed by atoms with Crippen LogP contribution in [0.3, 0.4) is 0 Å². The molecule has 0 aliphatic heterocycles. The summed E-state index contributed by atoms with van der Waals surface area (Å²) < 4.78 is 5.45. The van der Waals surface area contributed by atoms with Gasteiger partial charge in [-0.05, 0) is 57.0 Å². The van der Waals surface area contributed by atoms with E-state index in [4.69, 9.17) is 4.42 Å². The van der Waals surface area contributed by atoms with Gasteiger partial charge in [0.15, 0.2) is 0 Å². The molecule has 0 bridgehead atoms. The SMILES string of the molecule is Cc1cc(C=Nc2ccc(C)c(C)c2)c(C)o1. The lowest BCUT2D eigenvalue weighted by Crippen LogP contribution is -1.81. The highest BCUT2D eigenvalue weighted by atomic mass is 16.3. The van der Waals surface area contributed by atoms with Gasteiger partial charge in [-0.15, -0.1) is 0 Å². The summed E-state index contributed by atoms with van der Waals surface area (Å²) >= 11 is 0. The molecule has 0 atom stereocenters. The van der Waals surface area contributed by atoms with E-state index >= 15 is 0 Å². The summed E-state index contributed by atoms with van der Waals surface area (Å²) in [7, 11) is 0. The molecule has 0 spiro atoms. The summed E-state index contributed by atoms with van der Waals surface area (Å²) in [6, 6.07) is 8.21. The number of hydrogen-bond acceptors (Lipinski definition) is 2. The van der Waals surface area contributed by atoms with Gasteiger partial charge in [-0.2, -0.15) is 0 Å². The quantitative estimate of drug-likeness (QED) is 0.703. The predicted molar refractivity (Wildman–Crippen MR) is 71.4 cm³/mol. The van der Waals surface area contributed by atoms with Gasteiger partial charge in [0, 0.05) is 11.8 Å². The first kappa shape index (κ1) is 11.6. The number of furan rings is 1. The van der Waals surface area contributed by atoms with Crippen LogP contribution in [0.5, 0.6) is 0 Å². The van der Waals surface area contributed by atoms with Crippen LogP contribution in [0.2, 0.25) is 0 Å². The molecule has 0 unspecified atom stereocenters. The number of rotatable bonds is 2. The van der Waals surface area contributed by atoms with Gasteiger partial charge in [-0.25, -0.2) is 0 Å². The molecule has 1 heterocycles. The summed E-state index contributed by atoms with van der Waals surface area (Å²) in [6.07, 6.45) is 1.86. The predicted octanol–water partition coefficient (Wildman–Crippen LogP) is 4.26. The highest BCUT2D eigenvalue weighted by Gasteiger charge is 2.01. The Morgan fingerprint density at radius 3 is 2.35 bits per heavy atom. The molecule has 2 aromatic rings. The zero-order chi connectivity index (χ0) is 12.4. The largest absolute Gasteiger partial charge is 0.466 e. The van der Waals surface area contributed by atoms with Gasteiger partial charge < -0.3 is 4.42 Å². The fourth-order valence-electron chi connectivity index (χ4n) is 1.73. The van der Waals surface area contributed by atoms with Gasteiger partial charge >= 0.3 is 0 Å². The minimum Gasteiger partial charge on any atom is -0.466 e. The summed E-state index contributed by atoms with van der Waals surface area (Å²) in [5.41, 5.74) is 4.58. The minimum absolute atomic E-state index is 0.912. The van der Waals surface area contributed by atoms with Crippen molar-refractivity contribution in [3.05, 3.63) is 52.5 Å². The van der Waals surface area contributed by atoms with Gasteiger partial charge in [-0.3, -0.25) is 4.99 Å². The number of aliphatic imine (C=N–C) groups is 1. The molecule has 1 aromatic heterocycles. The Hall–Kier alpha value is -1.83. The first-order valence-electron chi connectivity index (χ1n) is 5.74. The Morgan fingerprint density at radius 1 is 1.00 bits per heavy atom. The Balaban J connectivity index is 2.26. The van der Waals surface area contributed by atoms with Gasteiger partial charge in [0.1, 0.15) is 11.5 Å². The van der Waals surface area contributed by atoms with Crippen molar-refractivity contribution in [1.82, 2.24) is 0 Å². The molecule has 0 N–H and O–H groups in total. The fourth-order valence-corrected chi connectivity index (χ4v) is 1.73. The van der Waals surface area contributed by atoms with E-state index in [0.717, 1.165) is 22.8 Å². The molecule has 0 amide bonds. The number of benzene rings is 1. The standard InChI is InChI=1S/C15H17NO/c1-10-5-6-15(7-11(10)2)16-9-14-8-12(3)17-13(14)4/h5-9H,1-4H3. The monoisotopic (exact) mass is 227 g/mol. The first-order chi connectivity index (χ1) is 8.06. The van der Waals surface area contributed by atoms with Crippen LogP contribution in [-0.4, -0.2) is 6.21 Å². The molecule has 88 valence electrons. The molecule has 0 saturated carbocycles. The Bertz CT molecular complexity index is 564. The smallest absolute Gasteiger partial charge is 0.109 e. The molecule has 1 aromatic carbocycles. The maximum Gasteiger partial charge on any atom is 0.109 e. The number of nitrogens with zero attached hydrogens (tertiary/aromatic N) is 1. The van der Waals surface area contributed by atoms with Crippen LogP contribution in [-0.2, 0) is 0 Å². The molecular formula is C15H17NO. The Labute approximate surface area is 102 Å². The van der Waals surface area contributed by atoms with E-state index < -0.39 is 0 Å². The second-order valence-corrected chi connectivity index (χ2v) is 4.40. The van der Waals surface area contributed by atoms with E-state index in [-0.39, 0.29) is 0 Å². The summed E-state index contributed by atoms with van der Waals surface area (Å²) in [5, 5.41) is 0. The van der Waals surface area contributed by atoms with E-state index in [2.05, 4.69) is 31.0 Å². The lowest BCUT2D eigenvalue weighted by molar-refractivity contribution is 0.504. The van der Waals surface area contributed by atoms with Crippen molar-refractivity contribution >= 4 is 11.9 Å². The fraction of sp³-hybridized carbons (Fsp3) is 0.267. The number of aryl methyl sites for hydroxylation is 4. The lowest BCUT2D eigenvalue weighted by atomic mass is 10.1. The van der Waals surface area contributed by atoms with Crippen LogP contribution in [0.15, 0.2) is 33.7 Å². The molecule has 0 fully saturated rings. The van der Waals surface area contributed by atoms with Crippen LogP contribution in [0.25, 0.3) is 0 Å². The average molecular weight is 227 g/mol. The van der Waals surface area contributed by atoms with Crippen molar-refractivity contribution in [3.8, 4) is 0 Å². The molecule has 0 aliphatic rings. The third-order valence-corrected chi connectivity index (χ3v) is 2.92. The average Bonchev–Trinajstić information content (AvgIpc) is 2.59. The minimum atomic E-state index is 0.912. The molecule has 0 radical (unpaired) electrons. The zero-order valence-electron chi connectivity index (χ0n) is 10.7. The van der Waals surface area contributed by atoms with Crippen molar-refractivity contribution in [3.63, 3.8) is 0 Å². The number of hydrogen-bond donors (Lipinski definition) is 0. The third kappa shape index (κ3) is 2.64. The molecular weight excluding hydrogens is 210 g/mol. The maximum atomic E-state index is 5.45. The molecule has 2 heteroatoms. The van der Waals surface area contributed by atoms with Crippen LogP contribution < -0.4 is 0 Å². The third-order valence-electron chi connectivity index (χ3n) is 2.92. The van der Waals surface area contributed by atoms with E-state index in [0.29, 0.717) is 0 Å². The summed E-state index contributed by atoms with van der Waals surface area (Å²) in [6.45, 7) is 8.10. The highest BCUT2D eigenvalue weighted by molar-refractivity contribution is 5.83. The summed E-state index contributed by atoms with van der Waals surface area (Å²) in [5.74, 6) is 1.83. The van der Waals surface area contributed by atoms with E-state index in [1.165, 1.54) is 11.1 Å². The second kappa shape index (κ2) is 4.58. The Kier molecular flexibility index (Phi) is 3.14. The van der Waals surface area contributed by atoms with Crippen molar-refractivity contribution in [2.24, 2.45) is 4.99 Å². The van der Waals surface area contributed by atoms with Gasteiger partial charge in [0.05, 0.1) is 5.69 Å². The molecule has 2 rings (SSSR count). The highest BCUT2D eigenvalue weighted by Crippen LogP contribution is 2.18. The molecule has 0 saturated heterocycles. The van der Waals surface area contributed by atoms with Gasteiger partial charge in [0.25, 0.3) is 0 Å². The van der Waals surface area contributed by atoms with Crippen LogP contribution in [0.4, 0.5) is 5.69 Å². The Morgan fingerprint density at radius 2 is 1.76 bits per heavy atom. The zero-order valence-corrected chi connectivity index (χ0v) is 10.7. The topological polar surface area (TPSA) is 25.5 Å². The van der Waals surface area contributed by atoms with Crippen molar-refractivity contribution in [2.45, 2.75) is 27.7 Å². The van der Waals surface area contributed by atoms with Gasteiger partial charge in [-0.1, -0.05) is 6.07 Å². The van der Waals surface area contributed by atoms with Gasteiger partial charge in [0.2, 0.25) is 0 Å². The van der Waals surface area contributed by atoms with Crippen molar-refractivity contribution < 1.29 is 4.42 Å². The van der Waals surface area contributed by atoms with Crippen LogP contribution in [0, 0.1) is 27.7 Å². The van der Waals surface area contributed by atoms with E-state index in [1.54, 1.807) is 0 Å². The first-order valence-corrected chi connectivity index (χ1v) is 5.74. The summed E-state index contributed by atoms with van der Waals surface area (Å²) in [4.78, 5) is 4.47. The maximum absolute atomic E-state index is 5.45. The molecule has 0 aliphatic carbocycles. The van der Waals surface area contributed by atoms with E-state index in [9.17, 15) is 0 Å². The van der Waals surface area contributed by atoms with Crippen molar-refractivity contribution in [2.75, 3.05) is 0 Å². The normalized spacial score (nSPS) is 11.3. The van der Waals surface area contributed by atoms with Crippen LogP contribution in [0.1, 0.15) is 28.2 Å². The lowest BCUT2D eigenvalue weighted by Gasteiger charge is -2.00.